The molecule has 1 aliphatic carbocycles. The molecule has 1 fully saturated rings. The summed E-state index contributed by atoms with van der Waals surface area (Å²) in [6, 6.07) is 21.5. The standard InChI is InChI=1S/C29H26ClN3O4/c30-26-4-2-1-3-24(26)25(29(36)32-23-14-15-23)17-20-7-5-19(6-8-20)11-16-27(34)31-18-21-9-12-22(13-10-21)28(35)33-37/h1-13,16-17,23,37H,14-15,18H2,(H,31,34)(H,32,36)(H,33,35)/b16-11?,25-17+. The molecule has 8 heteroatoms. The van der Waals surface area contributed by atoms with E-state index in [0.29, 0.717) is 28.3 Å². The number of halogens is 1. The van der Waals surface area contributed by atoms with Gasteiger partial charge in [0.05, 0.1) is 0 Å². The van der Waals surface area contributed by atoms with Gasteiger partial charge in [-0.15, -0.1) is 0 Å². The highest BCUT2D eigenvalue weighted by molar-refractivity contribution is 6.36. The SMILES string of the molecule is O=C(C=Cc1ccc(/C=C(/C(=O)NC2CC2)c2ccccc2Cl)cc1)NCc1ccc(C(=O)NO)cc1. The van der Waals surface area contributed by atoms with Crippen LogP contribution < -0.4 is 16.1 Å². The molecule has 0 aliphatic heterocycles. The molecule has 3 aromatic carbocycles. The molecule has 7 nitrogen and oxygen atoms in total. The number of rotatable bonds is 9. The normalized spacial score (nSPS) is 13.3. The van der Waals surface area contributed by atoms with E-state index in [-0.39, 0.29) is 17.9 Å². The van der Waals surface area contributed by atoms with Crippen molar-refractivity contribution in [1.82, 2.24) is 16.1 Å². The van der Waals surface area contributed by atoms with Gasteiger partial charge in [-0.05, 0) is 59.9 Å². The fourth-order valence-electron chi connectivity index (χ4n) is 3.56. The molecule has 3 amide bonds. The van der Waals surface area contributed by atoms with Gasteiger partial charge >= 0.3 is 0 Å². The van der Waals surface area contributed by atoms with E-state index in [1.807, 2.05) is 48.5 Å². The van der Waals surface area contributed by atoms with Crippen molar-refractivity contribution >= 4 is 47.0 Å². The average molecular weight is 516 g/mol. The number of hydroxylamine groups is 1. The van der Waals surface area contributed by atoms with Gasteiger partial charge in [0.15, 0.2) is 0 Å². The first-order chi connectivity index (χ1) is 17.9. The van der Waals surface area contributed by atoms with E-state index in [9.17, 15) is 14.4 Å². The number of benzene rings is 3. The van der Waals surface area contributed by atoms with Crippen LogP contribution in [0.5, 0.6) is 0 Å². The van der Waals surface area contributed by atoms with E-state index in [1.54, 1.807) is 41.9 Å². The second-order valence-corrected chi connectivity index (χ2v) is 9.05. The highest BCUT2D eigenvalue weighted by Crippen LogP contribution is 2.28. The van der Waals surface area contributed by atoms with Crippen LogP contribution in [0.25, 0.3) is 17.7 Å². The van der Waals surface area contributed by atoms with Gasteiger partial charge in [0.25, 0.3) is 11.8 Å². The fourth-order valence-corrected chi connectivity index (χ4v) is 3.80. The third-order valence-corrected chi connectivity index (χ3v) is 6.11. The van der Waals surface area contributed by atoms with Gasteiger partial charge in [0, 0.05) is 40.4 Å². The van der Waals surface area contributed by atoms with Crippen LogP contribution in [0.4, 0.5) is 0 Å². The summed E-state index contributed by atoms with van der Waals surface area (Å²) in [6.07, 6.45) is 6.94. The third-order valence-electron chi connectivity index (χ3n) is 5.78. The minimum Gasteiger partial charge on any atom is -0.349 e. The summed E-state index contributed by atoms with van der Waals surface area (Å²) in [5, 5.41) is 15.0. The van der Waals surface area contributed by atoms with Crippen molar-refractivity contribution < 1.29 is 19.6 Å². The lowest BCUT2D eigenvalue weighted by Crippen LogP contribution is -2.26. The van der Waals surface area contributed by atoms with Crippen LogP contribution in [0.15, 0.2) is 78.9 Å². The average Bonchev–Trinajstić information content (AvgIpc) is 3.74. The molecule has 4 rings (SSSR count). The van der Waals surface area contributed by atoms with E-state index in [2.05, 4.69) is 10.6 Å². The van der Waals surface area contributed by atoms with E-state index in [0.717, 1.165) is 29.5 Å². The van der Waals surface area contributed by atoms with Gasteiger partial charge < -0.3 is 10.6 Å². The molecule has 0 aromatic heterocycles. The van der Waals surface area contributed by atoms with E-state index in [4.69, 9.17) is 16.8 Å². The van der Waals surface area contributed by atoms with Crippen molar-refractivity contribution in [2.24, 2.45) is 0 Å². The Hall–Kier alpha value is -4.20. The molecule has 0 unspecified atom stereocenters. The Morgan fingerprint density at radius 1 is 0.919 bits per heavy atom. The van der Waals surface area contributed by atoms with Gasteiger partial charge in [-0.3, -0.25) is 19.6 Å². The summed E-state index contributed by atoms with van der Waals surface area (Å²) >= 11 is 6.37. The second-order valence-electron chi connectivity index (χ2n) is 8.64. The summed E-state index contributed by atoms with van der Waals surface area (Å²) in [5.41, 5.74) is 5.55. The van der Waals surface area contributed by atoms with Crippen molar-refractivity contribution in [3.63, 3.8) is 0 Å². The summed E-state index contributed by atoms with van der Waals surface area (Å²) < 4.78 is 0. The topological polar surface area (TPSA) is 108 Å². The lowest BCUT2D eigenvalue weighted by molar-refractivity contribution is -0.117. The van der Waals surface area contributed by atoms with Crippen LogP contribution in [0.3, 0.4) is 0 Å². The maximum Gasteiger partial charge on any atom is 0.274 e. The minimum absolute atomic E-state index is 0.150. The predicted octanol–water partition coefficient (Wildman–Crippen LogP) is 4.61. The number of carbonyl (C=O) groups excluding carboxylic acids is 3. The summed E-state index contributed by atoms with van der Waals surface area (Å²) in [4.78, 5) is 36.5. The first-order valence-corrected chi connectivity index (χ1v) is 12.2. The lowest BCUT2D eigenvalue weighted by Gasteiger charge is -2.11. The van der Waals surface area contributed by atoms with Crippen LogP contribution in [0.2, 0.25) is 5.02 Å². The van der Waals surface area contributed by atoms with Crippen molar-refractivity contribution in [2.75, 3.05) is 0 Å². The molecule has 0 bridgehead atoms. The summed E-state index contributed by atoms with van der Waals surface area (Å²) in [7, 11) is 0. The maximum absolute atomic E-state index is 12.9. The van der Waals surface area contributed by atoms with Crippen LogP contribution in [-0.2, 0) is 16.1 Å². The smallest absolute Gasteiger partial charge is 0.274 e. The quantitative estimate of drug-likeness (QED) is 0.144. The molecule has 37 heavy (non-hydrogen) atoms. The first kappa shape index (κ1) is 25.9. The zero-order chi connectivity index (χ0) is 26.2. The van der Waals surface area contributed by atoms with E-state index < -0.39 is 5.91 Å². The van der Waals surface area contributed by atoms with Crippen LogP contribution in [0, 0.1) is 0 Å². The van der Waals surface area contributed by atoms with Crippen LogP contribution in [0.1, 0.15) is 45.5 Å². The van der Waals surface area contributed by atoms with E-state index >= 15 is 0 Å². The number of amides is 3. The van der Waals surface area contributed by atoms with Gasteiger partial charge in [0.2, 0.25) is 5.91 Å². The Morgan fingerprint density at radius 3 is 2.24 bits per heavy atom. The van der Waals surface area contributed by atoms with Crippen molar-refractivity contribution in [1.29, 1.82) is 0 Å². The molecular weight excluding hydrogens is 490 g/mol. The van der Waals surface area contributed by atoms with Gasteiger partial charge in [-0.25, -0.2) is 5.48 Å². The second kappa shape index (κ2) is 12.2. The molecule has 0 radical (unpaired) electrons. The van der Waals surface area contributed by atoms with Gasteiger partial charge in [-0.1, -0.05) is 66.2 Å². The molecule has 1 aliphatic rings. The Morgan fingerprint density at radius 2 is 1.59 bits per heavy atom. The monoisotopic (exact) mass is 515 g/mol. The molecule has 188 valence electrons. The summed E-state index contributed by atoms with van der Waals surface area (Å²) in [5.74, 6) is -1.01. The van der Waals surface area contributed by atoms with Gasteiger partial charge in [0.1, 0.15) is 0 Å². The zero-order valence-electron chi connectivity index (χ0n) is 19.9. The van der Waals surface area contributed by atoms with Crippen molar-refractivity contribution in [2.45, 2.75) is 25.4 Å². The minimum atomic E-state index is -0.596. The van der Waals surface area contributed by atoms with Gasteiger partial charge in [-0.2, -0.15) is 0 Å². The largest absolute Gasteiger partial charge is 0.349 e. The number of hydrogen-bond donors (Lipinski definition) is 4. The molecule has 0 atom stereocenters. The molecule has 1 saturated carbocycles. The number of nitrogens with one attached hydrogen (secondary N) is 3. The molecule has 0 saturated heterocycles. The molecule has 3 aromatic rings. The van der Waals surface area contributed by atoms with Crippen molar-refractivity contribution in [3.05, 3.63) is 112 Å². The Kier molecular flexibility index (Phi) is 8.51. The molecular formula is C29H26ClN3O4. The predicted molar refractivity (Wildman–Crippen MR) is 144 cm³/mol. The lowest BCUT2D eigenvalue weighted by atomic mass is 10.0. The number of carbonyl (C=O) groups is 3. The Labute approximate surface area is 219 Å². The maximum atomic E-state index is 12.9. The molecule has 0 spiro atoms. The highest BCUT2D eigenvalue weighted by atomic mass is 35.5. The summed E-state index contributed by atoms with van der Waals surface area (Å²) in [6.45, 7) is 0.293. The van der Waals surface area contributed by atoms with Crippen LogP contribution >= 0.6 is 11.6 Å². The third kappa shape index (κ3) is 7.39. The number of hydrogen-bond acceptors (Lipinski definition) is 4. The fraction of sp³-hybridized carbons (Fsp3) is 0.138. The molecule has 0 heterocycles. The first-order valence-electron chi connectivity index (χ1n) is 11.8. The Balaban J connectivity index is 1.39. The van der Waals surface area contributed by atoms with Crippen LogP contribution in [-0.4, -0.2) is 29.0 Å². The van der Waals surface area contributed by atoms with E-state index in [1.165, 1.54) is 6.08 Å². The highest BCUT2D eigenvalue weighted by Gasteiger charge is 2.25. The van der Waals surface area contributed by atoms with Crippen molar-refractivity contribution in [3.8, 4) is 0 Å². The Bertz CT molecular complexity index is 1340. The molecule has 4 N–H and O–H groups in total. The zero-order valence-corrected chi connectivity index (χ0v) is 20.7.